The van der Waals surface area contributed by atoms with Crippen LogP contribution in [0.3, 0.4) is 0 Å². The number of alkyl halides is 3. The second-order valence-electron chi connectivity index (χ2n) is 9.84. The van der Waals surface area contributed by atoms with E-state index in [4.69, 9.17) is 28.0 Å². The number of halogens is 6. The second-order valence-corrected chi connectivity index (χ2v) is 11.8. The van der Waals surface area contributed by atoms with Crippen LogP contribution < -0.4 is 5.32 Å². The minimum atomic E-state index is -4.87. The predicted molar refractivity (Wildman–Crippen MR) is 127 cm³/mol. The first-order chi connectivity index (χ1) is 16.2. The van der Waals surface area contributed by atoms with Crippen molar-refractivity contribution in [2.45, 2.75) is 58.5 Å². The quantitative estimate of drug-likeness (QED) is 0.333. The van der Waals surface area contributed by atoms with Crippen molar-refractivity contribution in [1.82, 2.24) is 10.2 Å². The average molecular weight is 552 g/mol. The Morgan fingerprint density at radius 2 is 1.86 bits per heavy atom. The summed E-state index contributed by atoms with van der Waals surface area (Å²) in [6, 6.07) is 3.49. The summed E-state index contributed by atoms with van der Waals surface area (Å²) >= 11 is 12.8. The Morgan fingerprint density at radius 3 is 2.43 bits per heavy atom. The maximum absolute atomic E-state index is 14.2. The van der Waals surface area contributed by atoms with Crippen LogP contribution in [0.2, 0.25) is 10.0 Å². The van der Waals surface area contributed by atoms with Gasteiger partial charge < -0.3 is 15.1 Å². The minimum absolute atomic E-state index is 0.0958. The Balaban J connectivity index is 1.47. The number of hydrogen-bond donors (Lipinski definition) is 1. The molecular formula is C23H23Cl2F4N3O2S. The van der Waals surface area contributed by atoms with E-state index in [-0.39, 0.29) is 17.2 Å². The Bertz CT molecular complexity index is 1150. The normalized spacial score (nSPS) is 20.0. The molecule has 1 aromatic carbocycles. The molecule has 0 spiro atoms. The topological polar surface area (TPSA) is 53.9 Å². The molecule has 1 amide bonds. The molecule has 2 aliphatic heterocycles. The number of nitrogens with zero attached hydrogens (tertiary/aromatic N) is 2. The molecule has 1 atom stereocenters. The molecule has 5 nitrogen and oxygen atoms in total. The van der Waals surface area contributed by atoms with Gasteiger partial charge in [0.05, 0.1) is 27.9 Å². The molecule has 0 saturated heterocycles. The SMILES string of the molecule is CC(C)(C)CCNC(=O)c1cc2c(s1)CN(C1=NOC(c3cc(Cl)c(F)c(Cl)c3)(C(F)(F)F)C1)C2. The molecule has 0 saturated carbocycles. The van der Waals surface area contributed by atoms with Crippen molar-refractivity contribution < 1.29 is 27.2 Å². The van der Waals surface area contributed by atoms with Gasteiger partial charge in [0.25, 0.3) is 11.5 Å². The molecule has 3 heterocycles. The molecule has 0 aliphatic carbocycles. The lowest BCUT2D eigenvalue weighted by Gasteiger charge is -2.30. The van der Waals surface area contributed by atoms with Crippen molar-refractivity contribution in [3.8, 4) is 0 Å². The maximum Gasteiger partial charge on any atom is 0.435 e. The minimum Gasteiger partial charge on any atom is -0.372 e. The summed E-state index contributed by atoms with van der Waals surface area (Å²) in [5.41, 5.74) is -2.30. The summed E-state index contributed by atoms with van der Waals surface area (Å²) in [6.07, 6.45) is -4.65. The summed E-state index contributed by atoms with van der Waals surface area (Å²) < 4.78 is 56.4. The molecule has 1 N–H and O–H groups in total. The van der Waals surface area contributed by atoms with Crippen molar-refractivity contribution in [1.29, 1.82) is 0 Å². The van der Waals surface area contributed by atoms with Crippen LogP contribution >= 0.6 is 34.5 Å². The number of fused-ring (bicyclic) bond motifs is 1. The number of benzene rings is 1. The number of nitrogens with one attached hydrogen (secondary N) is 1. The van der Waals surface area contributed by atoms with E-state index in [9.17, 15) is 22.4 Å². The summed E-state index contributed by atoms with van der Waals surface area (Å²) in [6.45, 7) is 7.43. The largest absolute Gasteiger partial charge is 0.435 e. The van der Waals surface area contributed by atoms with Crippen LogP contribution in [0.5, 0.6) is 0 Å². The van der Waals surface area contributed by atoms with Crippen LogP contribution in [0, 0.1) is 11.2 Å². The number of carbonyl (C=O) groups is 1. The van der Waals surface area contributed by atoms with Crippen LogP contribution in [0.25, 0.3) is 0 Å². The lowest BCUT2D eigenvalue weighted by Crippen LogP contribution is -2.44. The second kappa shape index (κ2) is 9.12. The summed E-state index contributed by atoms with van der Waals surface area (Å²) in [7, 11) is 0. The molecule has 2 aliphatic rings. The third-order valence-electron chi connectivity index (χ3n) is 5.96. The van der Waals surface area contributed by atoms with Gasteiger partial charge in [0.2, 0.25) is 0 Å². The third kappa shape index (κ3) is 5.11. The fourth-order valence-corrected chi connectivity index (χ4v) is 5.54. The van der Waals surface area contributed by atoms with Crippen molar-refractivity contribution in [3.63, 3.8) is 0 Å². The van der Waals surface area contributed by atoms with Gasteiger partial charge in [-0.25, -0.2) is 4.39 Å². The lowest BCUT2D eigenvalue weighted by atomic mass is 9.89. The highest BCUT2D eigenvalue weighted by Gasteiger charge is 2.63. The number of amidine groups is 1. The van der Waals surface area contributed by atoms with E-state index in [1.807, 2.05) is 0 Å². The molecular weight excluding hydrogens is 529 g/mol. The summed E-state index contributed by atoms with van der Waals surface area (Å²) in [5.74, 6) is -1.07. The molecule has 2 aromatic rings. The average Bonchev–Trinajstić information content (AvgIpc) is 3.43. The van der Waals surface area contributed by atoms with Crippen molar-refractivity contribution in [2.75, 3.05) is 6.54 Å². The fraction of sp³-hybridized carbons (Fsp3) is 0.478. The number of oxime groups is 1. The summed E-state index contributed by atoms with van der Waals surface area (Å²) in [4.78, 5) is 20.6. The highest BCUT2D eigenvalue weighted by Crippen LogP contribution is 2.50. The van der Waals surface area contributed by atoms with Crippen LogP contribution in [-0.2, 0) is 23.5 Å². The van der Waals surface area contributed by atoms with Gasteiger partial charge in [0.1, 0.15) is 5.84 Å². The molecule has 0 fully saturated rings. The van der Waals surface area contributed by atoms with Crippen molar-refractivity contribution in [2.24, 2.45) is 10.6 Å². The molecule has 1 unspecified atom stereocenters. The van der Waals surface area contributed by atoms with E-state index < -0.39 is 39.6 Å². The molecule has 0 radical (unpaired) electrons. The fourth-order valence-electron chi connectivity index (χ4n) is 3.95. The first-order valence-corrected chi connectivity index (χ1v) is 12.4. The molecule has 190 valence electrons. The number of carbonyl (C=O) groups excluding carboxylic acids is 1. The number of rotatable bonds is 4. The zero-order valence-electron chi connectivity index (χ0n) is 19.2. The Labute approximate surface area is 214 Å². The molecule has 0 bridgehead atoms. The monoisotopic (exact) mass is 551 g/mol. The van der Waals surface area contributed by atoms with Crippen molar-refractivity contribution >= 4 is 46.3 Å². The number of amides is 1. The van der Waals surface area contributed by atoms with E-state index in [0.717, 1.165) is 29.0 Å². The van der Waals surface area contributed by atoms with E-state index >= 15 is 0 Å². The Morgan fingerprint density at radius 1 is 1.20 bits per heavy atom. The van der Waals surface area contributed by atoms with Crippen LogP contribution in [0.1, 0.15) is 59.3 Å². The van der Waals surface area contributed by atoms with Crippen LogP contribution in [-0.4, -0.2) is 29.4 Å². The van der Waals surface area contributed by atoms with Gasteiger partial charge in [-0.3, -0.25) is 4.79 Å². The van der Waals surface area contributed by atoms with Crippen LogP contribution in [0.15, 0.2) is 23.4 Å². The van der Waals surface area contributed by atoms with Gasteiger partial charge in [-0.2, -0.15) is 13.2 Å². The van der Waals surface area contributed by atoms with E-state index in [0.29, 0.717) is 24.5 Å². The van der Waals surface area contributed by atoms with E-state index in [2.05, 4.69) is 31.2 Å². The predicted octanol–water partition coefficient (Wildman–Crippen LogP) is 6.87. The molecule has 12 heteroatoms. The van der Waals surface area contributed by atoms with Gasteiger partial charge in [-0.05, 0) is 35.6 Å². The Hall–Kier alpha value is -2.04. The van der Waals surface area contributed by atoms with Crippen LogP contribution in [0.4, 0.5) is 17.6 Å². The van der Waals surface area contributed by atoms with Gasteiger partial charge in [0, 0.05) is 23.5 Å². The molecule has 4 rings (SSSR count). The summed E-state index contributed by atoms with van der Waals surface area (Å²) in [5, 5.41) is 5.58. The highest BCUT2D eigenvalue weighted by molar-refractivity contribution is 7.14. The third-order valence-corrected chi connectivity index (χ3v) is 7.67. The highest BCUT2D eigenvalue weighted by atomic mass is 35.5. The van der Waals surface area contributed by atoms with Gasteiger partial charge in [-0.15, -0.1) is 11.3 Å². The first-order valence-electron chi connectivity index (χ1n) is 10.8. The van der Waals surface area contributed by atoms with Gasteiger partial charge in [0.15, 0.2) is 5.82 Å². The zero-order chi connectivity index (χ0) is 25.8. The smallest absolute Gasteiger partial charge is 0.372 e. The zero-order valence-corrected chi connectivity index (χ0v) is 21.5. The number of hydrogen-bond acceptors (Lipinski definition) is 5. The Kier molecular flexibility index (Phi) is 6.78. The lowest BCUT2D eigenvalue weighted by molar-refractivity contribution is -0.275. The first kappa shape index (κ1) is 26.0. The number of thiophene rings is 1. The van der Waals surface area contributed by atoms with Crippen molar-refractivity contribution in [3.05, 3.63) is 54.9 Å². The van der Waals surface area contributed by atoms with E-state index in [1.54, 1.807) is 11.0 Å². The molecule has 35 heavy (non-hydrogen) atoms. The standard InChI is InChI=1S/C23H23Cl2F4N3O2S/c1-21(2,3)4-5-30-20(33)16-6-12-10-32(11-17(12)35-16)18-9-22(34-31-18,23(27,28)29)13-7-14(24)19(26)15(25)8-13/h6-8H,4-5,9-11H2,1-3H3,(H,30,33). The molecule has 1 aromatic heterocycles. The van der Waals surface area contributed by atoms with Gasteiger partial charge in [-0.1, -0.05) is 49.1 Å². The van der Waals surface area contributed by atoms with Gasteiger partial charge >= 0.3 is 6.18 Å². The maximum atomic E-state index is 14.2. The van der Waals surface area contributed by atoms with E-state index in [1.165, 1.54) is 11.3 Å².